The minimum absolute atomic E-state index is 0.687. The Morgan fingerprint density at radius 2 is 1.65 bits per heavy atom. The molecule has 0 N–H and O–H groups in total. The topological polar surface area (TPSA) is 47.5 Å². The number of rotatable bonds is 4. The molecule has 0 aliphatic rings. The molecule has 1 aromatic heterocycles. The predicted molar refractivity (Wildman–Crippen MR) is 91.9 cm³/mol. The van der Waals surface area contributed by atoms with Gasteiger partial charge in [0.05, 0.1) is 19.7 Å². The van der Waals surface area contributed by atoms with Gasteiger partial charge in [-0.15, -0.1) is 0 Å². The standard InChI is InChI=1S/C18H19N3O2/c1-12-19-15-8-6-5-7-14(15)18(20-12)21(2)13-9-10-16(22-3)17(11-13)23-4/h5-11H,1-4H3. The van der Waals surface area contributed by atoms with E-state index in [1.165, 1.54) is 0 Å². The van der Waals surface area contributed by atoms with Gasteiger partial charge in [-0.25, -0.2) is 9.97 Å². The summed E-state index contributed by atoms with van der Waals surface area (Å²) in [7, 11) is 5.24. The van der Waals surface area contributed by atoms with Crippen LogP contribution in [0.3, 0.4) is 0 Å². The highest BCUT2D eigenvalue weighted by atomic mass is 16.5. The molecule has 3 aromatic rings. The van der Waals surface area contributed by atoms with Crippen LogP contribution in [-0.4, -0.2) is 31.2 Å². The van der Waals surface area contributed by atoms with Crippen molar-refractivity contribution in [1.29, 1.82) is 0 Å². The fraction of sp³-hybridized carbons (Fsp3) is 0.222. The molecule has 0 spiro atoms. The molecule has 0 amide bonds. The highest BCUT2D eigenvalue weighted by Crippen LogP contribution is 2.35. The van der Waals surface area contributed by atoms with Crippen LogP contribution in [0.1, 0.15) is 5.82 Å². The maximum absolute atomic E-state index is 5.39. The molecule has 5 nitrogen and oxygen atoms in total. The van der Waals surface area contributed by atoms with Gasteiger partial charge in [-0.2, -0.15) is 0 Å². The van der Waals surface area contributed by atoms with Crippen molar-refractivity contribution in [3.63, 3.8) is 0 Å². The second-order valence-corrected chi connectivity index (χ2v) is 5.21. The number of methoxy groups -OCH3 is 2. The van der Waals surface area contributed by atoms with Crippen molar-refractivity contribution in [2.45, 2.75) is 6.92 Å². The van der Waals surface area contributed by atoms with Crippen LogP contribution in [-0.2, 0) is 0 Å². The average Bonchev–Trinajstić information content (AvgIpc) is 2.59. The lowest BCUT2D eigenvalue weighted by atomic mass is 10.2. The van der Waals surface area contributed by atoms with Crippen molar-refractivity contribution in [2.75, 3.05) is 26.2 Å². The molecule has 0 bridgehead atoms. The highest BCUT2D eigenvalue weighted by Gasteiger charge is 2.14. The van der Waals surface area contributed by atoms with E-state index in [-0.39, 0.29) is 0 Å². The van der Waals surface area contributed by atoms with Crippen LogP contribution in [0.4, 0.5) is 11.5 Å². The van der Waals surface area contributed by atoms with Crippen LogP contribution in [0.2, 0.25) is 0 Å². The van der Waals surface area contributed by atoms with E-state index >= 15 is 0 Å². The second kappa shape index (κ2) is 6.12. The summed E-state index contributed by atoms with van der Waals surface area (Å²) >= 11 is 0. The van der Waals surface area contributed by atoms with Crippen molar-refractivity contribution in [2.24, 2.45) is 0 Å². The number of ether oxygens (including phenoxy) is 2. The van der Waals surface area contributed by atoms with E-state index in [0.717, 1.165) is 28.2 Å². The largest absolute Gasteiger partial charge is 0.493 e. The molecule has 0 unspecified atom stereocenters. The van der Waals surface area contributed by atoms with Crippen molar-refractivity contribution in [1.82, 2.24) is 9.97 Å². The zero-order valence-corrected chi connectivity index (χ0v) is 13.7. The van der Waals surface area contributed by atoms with Gasteiger partial charge >= 0.3 is 0 Å². The molecular weight excluding hydrogens is 290 g/mol. The maximum atomic E-state index is 5.39. The van der Waals surface area contributed by atoms with E-state index in [0.29, 0.717) is 11.5 Å². The van der Waals surface area contributed by atoms with Gasteiger partial charge in [0.2, 0.25) is 0 Å². The molecule has 1 heterocycles. The van der Waals surface area contributed by atoms with Crippen molar-refractivity contribution >= 4 is 22.4 Å². The fourth-order valence-corrected chi connectivity index (χ4v) is 2.58. The molecule has 5 heteroatoms. The molecule has 118 valence electrons. The van der Waals surface area contributed by atoms with E-state index in [9.17, 15) is 0 Å². The number of aromatic nitrogens is 2. The van der Waals surface area contributed by atoms with Crippen molar-refractivity contribution < 1.29 is 9.47 Å². The van der Waals surface area contributed by atoms with E-state index in [2.05, 4.69) is 9.97 Å². The third-order valence-electron chi connectivity index (χ3n) is 3.77. The Hall–Kier alpha value is -2.82. The number of anilines is 2. The Morgan fingerprint density at radius 3 is 2.39 bits per heavy atom. The third kappa shape index (κ3) is 2.77. The van der Waals surface area contributed by atoms with Crippen molar-refractivity contribution in [3.8, 4) is 11.5 Å². The second-order valence-electron chi connectivity index (χ2n) is 5.21. The van der Waals surface area contributed by atoms with Gasteiger partial charge in [-0.05, 0) is 31.2 Å². The number of hydrogen-bond acceptors (Lipinski definition) is 5. The van der Waals surface area contributed by atoms with Crippen LogP contribution in [0, 0.1) is 6.92 Å². The van der Waals surface area contributed by atoms with Gasteiger partial charge in [-0.3, -0.25) is 0 Å². The molecule has 0 atom stereocenters. The lowest BCUT2D eigenvalue weighted by Crippen LogP contribution is -2.13. The number of benzene rings is 2. The first-order valence-electron chi connectivity index (χ1n) is 7.33. The number of hydrogen-bond donors (Lipinski definition) is 0. The number of nitrogens with zero attached hydrogens (tertiary/aromatic N) is 3. The normalized spacial score (nSPS) is 10.6. The number of para-hydroxylation sites is 1. The predicted octanol–water partition coefficient (Wildman–Crippen LogP) is 3.72. The zero-order chi connectivity index (χ0) is 16.4. The molecule has 0 aliphatic heterocycles. The monoisotopic (exact) mass is 309 g/mol. The minimum Gasteiger partial charge on any atom is -0.493 e. The van der Waals surface area contributed by atoms with Crippen LogP contribution in [0.25, 0.3) is 10.9 Å². The maximum Gasteiger partial charge on any atom is 0.162 e. The van der Waals surface area contributed by atoms with Gasteiger partial charge in [-0.1, -0.05) is 12.1 Å². The first-order valence-corrected chi connectivity index (χ1v) is 7.33. The number of aryl methyl sites for hydroxylation is 1. The molecule has 0 aliphatic carbocycles. The molecule has 2 aromatic carbocycles. The van der Waals surface area contributed by atoms with E-state index in [1.807, 2.05) is 61.3 Å². The van der Waals surface area contributed by atoms with Crippen LogP contribution in [0.5, 0.6) is 11.5 Å². The fourth-order valence-electron chi connectivity index (χ4n) is 2.58. The molecule has 0 fully saturated rings. The van der Waals surface area contributed by atoms with Crippen LogP contribution >= 0.6 is 0 Å². The Bertz CT molecular complexity index is 849. The van der Waals surface area contributed by atoms with Crippen molar-refractivity contribution in [3.05, 3.63) is 48.3 Å². The lowest BCUT2D eigenvalue weighted by molar-refractivity contribution is 0.355. The van der Waals surface area contributed by atoms with E-state index in [4.69, 9.17) is 9.47 Å². The van der Waals surface area contributed by atoms with Gasteiger partial charge in [0, 0.05) is 24.2 Å². The Morgan fingerprint density at radius 1 is 0.913 bits per heavy atom. The minimum atomic E-state index is 0.687. The van der Waals surface area contributed by atoms with E-state index < -0.39 is 0 Å². The average molecular weight is 309 g/mol. The molecule has 23 heavy (non-hydrogen) atoms. The van der Waals surface area contributed by atoms with Gasteiger partial charge in [0.15, 0.2) is 11.5 Å². The van der Waals surface area contributed by atoms with E-state index in [1.54, 1.807) is 14.2 Å². The third-order valence-corrected chi connectivity index (χ3v) is 3.77. The number of fused-ring (bicyclic) bond motifs is 1. The zero-order valence-electron chi connectivity index (χ0n) is 13.7. The summed E-state index contributed by atoms with van der Waals surface area (Å²) in [6.07, 6.45) is 0. The van der Waals surface area contributed by atoms with Gasteiger partial charge < -0.3 is 14.4 Å². The highest BCUT2D eigenvalue weighted by molar-refractivity contribution is 5.91. The molecule has 0 saturated heterocycles. The summed E-state index contributed by atoms with van der Waals surface area (Å²) < 4.78 is 10.7. The summed E-state index contributed by atoms with van der Waals surface area (Å²) in [4.78, 5) is 11.1. The van der Waals surface area contributed by atoms with Crippen LogP contribution < -0.4 is 14.4 Å². The Kier molecular flexibility index (Phi) is 4.02. The molecule has 0 radical (unpaired) electrons. The van der Waals surface area contributed by atoms with Gasteiger partial charge in [0.25, 0.3) is 0 Å². The smallest absolute Gasteiger partial charge is 0.162 e. The molecule has 3 rings (SSSR count). The Labute approximate surface area is 135 Å². The summed E-state index contributed by atoms with van der Waals surface area (Å²) in [5.74, 6) is 2.99. The molecular formula is C18H19N3O2. The lowest BCUT2D eigenvalue weighted by Gasteiger charge is -2.21. The summed E-state index contributed by atoms with van der Waals surface area (Å²) in [6.45, 7) is 1.90. The first-order chi connectivity index (χ1) is 11.1. The molecule has 0 saturated carbocycles. The Balaban J connectivity index is 2.12. The van der Waals surface area contributed by atoms with Gasteiger partial charge in [0.1, 0.15) is 11.6 Å². The first kappa shape index (κ1) is 15.1. The SMILES string of the molecule is COc1ccc(N(C)c2nc(C)nc3ccccc23)cc1OC. The van der Waals surface area contributed by atoms with Crippen LogP contribution in [0.15, 0.2) is 42.5 Å². The summed E-state index contributed by atoms with van der Waals surface area (Å²) in [5.41, 5.74) is 1.90. The quantitative estimate of drug-likeness (QED) is 0.735. The summed E-state index contributed by atoms with van der Waals surface area (Å²) in [5, 5.41) is 1.01. The summed E-state index contributed by atoms with van der Waals surface area (Å²) in [6, 6.07) is 13.8.